The average molecular weight is 211 g/mol. The third kappa shape index (κ3) is 1.66. The lowest BCUT2D eigenvalue weighted by molar-refractivity contribution is 0.0980. The van der Waals surface area contributed by atoms with Crippen LogP contribution in [0.25, 0.3) is 0 Å². The second kappa shape index (κ2) is 3.86. The molecular formula is C10H10FNO3. The van der Waals surface area contributed by atoms with Crippen LogP contribution < -0.4 is 15.2 Å². The third-order valence-corrected chi connectivity index (χ3v) is 2.15. The van der Waals surface area contributed by atoms with Crippen molar-refractivity contribution in [3.8, 4) is 11.5 Å². The summed E-state index contributed by atoms with van der Waals surface area (Å²) in [6, 6.07) is 2.91. The Kier molecular flexibility index (Phi) is 2.55. The first-order valence-corrected chi connectivity index (χ1v) is 4.55. The van der Waals surface area contributed by atoms with Crippen LogP contribution in [0.4, 0.5) is 4.39 Å². The second-order valence-corrected chi connectivity index (χ2v) is 3.12. The van der Waals surface area contributed by atoms with Gasteiger partial charge in [-0.3, -0.25) is 4.79 Å². The average Bonchev–Trinajstić information content (AvgIpc) is 2.67. The lowest BCUT2D eigenvalue weighted by Gasteiger charge is -2.03. The fraction of sp³-hybridized carbons (Fsp3) is 0.300. The number of carbonyl (C=O) groups is 1. The van der Waals surface area contributed by atoms with Gasteiger partial charge < -0.3 is 15.2 Å². The van der Waals surface area contributed by atoms with Crippen LogP contribution in [0.1, 0.15) is 16.8 Å². The molecule has 0 radical (unpaired) electrons. The summed E-state index contributed by atoms with van der Waals surface area (Å²) in [6.07, 6.45) is 0.122. The van der Waals surface area contributed by atoms with Gasteiger partial charge >= 0.3 is 0 Å². The van der Waals surface area contributed by atoms with Crippen molar-refractivity contribution in [2.75, 3.05) is 13.3 Å². The summed E-state index contributed by atoms with van der Waals surface area (Å²) in [6.45, 7) is 0.188. The van der Waals surface area contributed by atoms with Gasteiger partial charge in [-0.25, -0.2) is 4.39 Å². The van der Waals surface area contributed by atoms with E-state index in [9.17, 15) is 9.18 Å². The highest BCUT2D eigenvalue weighted by atomic mass is 19.1. The molecule has 1 aromatic carbocycles. The standard InChI is InChI=1S/C10H10FNO3/c11-9-6(7(13)3-4-12)1-2-8-10(9)15-5-14-8/h1-2H,3-5,12H2. The molecule has 0 fully saturated rings. The Balaban J connectivity index is 2.38. The van der Waals surface area contributed by atoms with Gasteiger partial charge in [0.2, 0.25) is 12.5 Å². The van der Waals surface area contributed by atoms with Crippen LogP contribution in [-0.4, -0.2) is 19.1 Å². The summed E-state index contributed by atoms with van der Waals surface area (Å²) in [5.41, 5.74) is 5.23. The molecule has 0 amide bonds. The Hall–Kier alpha value is -1.62. The van der Waals surface area contributed by atoms with Gasteiger partial charge in [0.15, 0.2) is 17.3 Å². The highest BCUT2D eigenvalue weighted by Crippen LogP contribution is 2.36. The van der Waals surface area contributed by atoms with Crippen LogP contribution in [0.2, 0.25) is 0 Å². The number of Topliss-reactive ketones (excluding diaryl/α,β-unsaturated/α-hetero) is 1. The predicted molar refractivity (Wildman–Crippen MR) is 50.5 cm³/mol. The molecule has 1 aromatic rings. The first kappa shape index (κ1) is 9.92. The van der Waals surface area contributed by atoms with E-state index in [-0.39, 0.29) is 36.9 Å². The van der Waals surface area contributed by atoms with Gasteiger partial charge in [0.05, 0.1) is 5.56 Å². The molecule has 1 aliphatic heterocycles. The maximum absolute atomic E-state index is 13.7. The number of nitrogens with two attached hydrogens (primary N) is 1. The lowest BCUT2D eigenvalue weighted by atomic mass is 10.1. The van der Waals surface area contributed by atoms with Crippen LogP contribution in [0, 0.1) is 5.82 Å². The zero-order chi connectivity index (χ0) is 10.8. The molecule has 2 N–H and O–H groups in total. The summed E-state index contributed by atoms with van der Waals surface area (Å²) >= 11 is 0. The number of ether oxygens (including phenoxy) is 2. The number of fused-ring (bicyclic) bond motifs is 1. The van der Waals surface area contributed by atoms with Crippen molar-refractivity contribution in [1.82, 2.24) is 0 Å². The molecule has 2 rings (SSSR count). The summed E-state index contributed by atoms with van der Waals surface area (Å²) in [5.74, 6) is -0.647. The monoisotopic (exact) mass is 211 g/mol. The molecule has 15 heavy (non-hydrogen) atoms. The third-order valence-electron chi connectivity index (χ3n) is 2.15. The molecular weight excluding hydrogens is 201 g/mol. The Labute approximate surface area is 85.8 Å². The predicted octanol–water partition coefficient (Wildman–Crippen LogP) is 1.09. The smallest absolute Gasteiger partial charge is 0.231 e. The van der Waals surface area contributed by atoms with Gasteiger partial charge in [-0.05, 0) is 18.7 Å². The zero-order valence-corrected chi connectivity index (χ0v) is 7.96. The molecule has 0 aromatic heterocycles. The number of ketones is 1. The van der Waals surface area contributed by atoms with Gasteiger partial charge in [0.25, 0.3) is 0 Å². The number of hydrogen-bond donors (Lipinski definition) is 1. The van der Waals surface area contributed by atoms with E-state index in [0.29, 0.717) is 5.75 Å². The van der Waals surface area contributed by atoms with E-state index in [4.69, 9.17) is 15.2 Å². The van der Waals surface area contributed by atoms with Gasteiger partial charge in [0, 0.05) is 6.42 Å². The van der Waals surface area contributed by atoms with E-state index < -0.39 is 5.82 Å². The minimum absolute atomic E-state index is 0.00435. The van der Waals surface area contributed by atoms with E-state index in [1.54, 1.807) is 0 Å². The van der Waals surface area contributed by atoms with Crippen molar-refractivity contribution >= 4 is 5.78 Å². The van der Waals surface area contributed by atoms with Crippen molar-refractivity contribution in [2.45, 2.75) is 6.42 Å². The van der Waals surface area contributed by atoms with Gasteiger partial charge in [-0.15, -0.1) is 0 Å². The molecule has 0 saturated carbocycles. The van der Waals surface area contributed by atoms with Gasteiger partial charge in [-0.1, -0.05) is 0 Å². The summed E-state index contributed by atoms with van der Waals surface area (Å²) in [5, 5.41) is 0. The number of carbonyl (C=O) groups excluding carboxylic acids is 1. The van der Waals surface area contributed by atoms with E-state index in [1.807, 2.05) is 0 Å². The highest BCUT2D eigenvalue weighted by molar-refractivity contribution is 5.97. The molecule has 5 heteroatoms. The largest absolute Gasteiger partial charge is 0.453 e. The van der Waals surface area contributed by atoms with Crippen LogP contribution in [-0.2, 0) is 0 Å². The maximum atomic E-state index is 13.7. The van der Waals surface area contributed by atoms with Crippen LogP contribution >= 0.6 is 0 Å². The van der Waals surface area contributed by atoms with Crippen molar-refractivity contribution in [2.24, 2.45) is 5.73 Å². The fourth-order valence-corrected chi connectivity index (χ4v) is 1.42. The molecule has 0 atom stereocenters. The lowest BCUT2D eigenvalue weighted by Crippen LogP contribution is -2.09. The minimum Gasteiger partial charge on any atom is -0.453 e. The Bertz CT molecular complexity index is 406. The van der Waals surface area contributed by atoms with Gasteiger partial charge in [0.1, 0.15) is 0 Å². The molecule has 1 heterocycles. The SMILES string of the molecule is NCCC(=O)c1ccc2c(c1F)OCO2. The number of halogens is 1. The minimum atomic E-state index is -0.663. The molecule has 0 bridgehead atoms. The summed E-state index contributed by atoms with van der Waals surface area (Å²) in [7, 11) is 0. The maximum Gasteiger partial charge on any atom is 0.231 e. The normalized spacial score (nSPS) is 12.9. The summed E-state index contributed by atoms with van der Waals surface area (Å²) in [4.78, 5) is 11.4. The fourth-order valence-electron chi connectivity index (χ4n) is 1.42. The topological polar surface area (TPSA) is 61.6 Å². The van der Waals surface area contributed by atoms with E-state index >= 15 is 0 Å². The van der Waals surface area contributed by atoms with Crippen molar-refractivity contribution in [3.05, 3.63) is 23.5 Å². The van der Waals surface area contributed by atoms with Crippen LogP contribution in [0.5, 0.6) is 11.5 Å². The van der Waals surface area contributed by atoms with E-state index in [1.165, 1.54) is 12.1 Å². The van der Waals surface area contributed by atoms with Gasteiger partial charge in [-0.2, -0.15) is 0 Å². The van der Waals surface area contributed by atoms with Crippen molar-refractivity contribution in [3.63, 3.8) is 0 Å². The number of rotatable bonds is 3. The molecule has 4 nitrogen and oxygen atoms in total. The highest BCUT2D eigenvalue weighted by Gasteiger charge is 2.23. The Morgan fingerprint density at radius 2 is 2.27 bits per heavy atom. The van der Waals surface area contributed by atoms with Crippen LogP contribution in [0.15, 0.2) is 12.1 Å². The molecule has 0 spiro atoms. The molecule has 0 saturated heterocycles. The first-order chi connectivity index (χ1) is 7.24. The molecule has 1 aliphatic rings. The number of benzene rings is 1. The van der Waals surface area contributed by atoms with Crippen molar-refractivity contribution < 1.29 is 18.7 Å². The molecule has 80 valence electrons. The molecule has 0 unspecified atom stereocenters. The van der Waals surface area contributed by atoms with Crippen LogP contribution in [0.3, 0.4) is 0 Å². The van der Waals surface area contributed by atoms with E-state index in [2.05, 4.69) is 0 Å². The summed E-state index contributed by atoms with van der Waals surface area (Å²) < 4.78 is 23.6. The van der Waals surface area contributed by atoms with Crippen molar-refractivity contribution in [1.29, 1.82) is 0 Å². The second-order valence-electron chi connectivity index (χ2n) is 3.12. The van der Waals surface area contributed by atoms with E-state index in [0.717, 1.165) is 0 Å². The Morgan fingerprint density at radius 1 is 1.47 bits per heavy atom. The quantitative estimate of drug-likeness (QED) is 0.760. The number of hydrogen-bond acceptors (Lipinski definition) is 4. The Morgan fingerprint density at radius 3 is 3.00 bits per heavy atom. The zero-order valence-electron chi connectivity index (χ0n) is 7.96. The first-order valence-electron chi connectivity index (χ1n) is 4.55. The molecule has 0 aliphatic carbocycles.